The molecule has 0 aromatic heterocycles. The summed E-state index contributed by atoms with van der Waals surface area (Å²) in [6.45, 7) is 4.43. The van der Waals surface area contributed by atoms with Crippen molar-refractivity contribution in [1.29, 1.82) is 0 Å². The first-order valence-electron chi connectivity index (χ1n) is 9.95. The number of methoxy groups -OCH3 is 2. The van der Waals surface area contributed by atoms with E-state index in [0.717, 1.165) is 43.3 Å². The quantitative estimate of drug-likeness (QED) is 0.478. The number of benzene rings is 2. The molecule has 1 saturated heterocycles. The van der Waals surface area contributed by atoms with Crippen molar-refractivity contribution in [3.05, 3.63) is 52.5 Å². The van der Waals surface area contributed by atoms with Gasteiger partial charge < -0.3 is 14.6 Å². The zero-order chi connectivity index (χ0) is 22.2. The zero-order valence-corrected chi connectivity index (χ0v) is 18.4. The minimum atomic E-state index is -0.187. The van der Waals surface area contributed by atoms with E-state index < -0.39 is 0 Å². The Kier molecular flexibility index (Phi) is 8.11. The first kappa shape index (κ1) is 22.9. The van der Waals surface area contributed by atoms with Crippen LogP contribution in [0.1, 0.15) is 11.1 Å². The molecule has 0 aliphatic carbocycles. The average Bonchev–Trinajstić information content (AvgIpc) is 2.77. The van der Waals surface area contributed by atoms with Crippen LogP contribution in [0.25, 0.3) is 0 Å². The fourth-order valence-electron chi connectivity index (χ4n) is 3.38. The van der Waals surface area contributed by atoms with Gasteiger partial charge in [-0.25, -0.2) is 5.43 Å². The lowest BCUT2D eigenvalue weighted by Crippen LogP contribution is -2.48. The van der Waals surface area contributed by atoms with Gasteiger partial charge in [-0.05, 0) is 23.8 Å². The van der Waals surface area contributed by atoms with Crippen LogP contribution in [0, 0.1) is 0 Å². The molecule has 1 aliphatic heterocycles. The predicted octanol–water partition coefficient (Wildman–Crippen LogP) is 2.33. The molecule has 8 nitrogen and oxygen atoms in total. The Hall–Kier alpha value is -2.81. The maximum atomic E-state index is 12.2. The van der Waals surface area contributed by atoms with Gasteiger partial charge in [-0.1, -0.05) is 29.8 Å². The normalized spacial score (nSPS) is 15.2. The van der Waals surface area contributed by atoms with Crippen LogP contribution in [-0.2, 0) is 11.3 Å². The van der Waals surface area contributed by atoms with Crippen LogP contribution in [0.2, 0.25) is 5.02 Å². The second-order valence-corrected chi connectivity index (χ2v) is 7.62. The SMILES string of the molecule is COc1cc(/C=N/NC(=O)CN2CCN(Cc3ccccc3Cl)CC2)cc(OC)c1O. The summed E-state index contributed by atoms with van der Waals surface area (Å²) in [5.74, 6) is 0.261. The molecule has 0 radical (unpaired) electrons. The summed E-state index contributed by atoms with van der Waals surface area (Å²) >= 11 is 6.25. The molecule has 0 atom stereocenters. The van der Waals surface area contributed by atoms with Gasteiger partial charge in [0.05, 0.1) is 27.0 Å². The van der Waals surface area contributed by atoms with Crippen molar-refractivity contribution in [1.82, 2.24) is 15.2 Å². The van der Waals surface area contributed by atoms with Gasteiger partial charge in [-0.15, -0.1) is 0 Å². The van der Waals surface area contributed by atoms with E-state index in [1.54, 1.807) is 12.1 Å². The molecular formula is C22H27ClN4O4. The first-order chi connectivity index (χ1) is 15.0. The molecule has 2 aromatic carbocycles. The Balaban J connectivity index is 1.45. The molecule has 0 unspecified atom stereocenters. The van der Waals surface area contributed by atoms with Crippen molar-refractivity contribution in [3.63, 3.8) is 0 Å². The second-order valence-electron chi connectivity index (χ2n) is 7.21. The Morgan fingerprint density at radius 3 is 2.35 bits per heavy atom. The lowest BCUT2D eigenvalue weighted by Gasteiger charge is -2.34. The first-order valence-corrected chi connectivity index (χ1v) is 10.3. The van der Waals surface area contributed by atoms with Gasteiger partial charge in [0.25, 0.3) is 5.91 Å². The fraction of sp³-hybridized carbons (Fsp3) is 0.364. The number of carbonyl (C=O) groups excluding carboxylic acids is 1. The maximum Gasteiger partial charge on any atom is 0.254 e. The standard InChI is InChI=1S/C22H27ClN4O4/c1-30-19-11-16(12-20(31-2)22(19)29)13-24-25-21(28)15-27-9-7-26(8-10-27)14-17-5-3-4-6-18(17)23/h3-6,11-13,29H,7-10,14-15H2,1-2H3,(H,25,28)/b24-13+. The lowest BCUT2D eigenvalue weighted by atomic mass is 10.2. The summed E-state index contributed by atoms with van der Waals surface area (Å²) < 4.78 is 10.2. The molecule has 1 aliphatic rings. The van der Waals surface area contributed by atoms with Gasteiger partial charge in [0.15, 0.2) is 11.5 Å². The Morgan fingerprint density at radius 1 is 1.13 bits per heavy atom. The van der Waals surface area contributed by atoms with Gasteiger partial charge in [0, 0.05) is 43.3 Å². The van der Waals surface area contributed by atoms with Crippen molar-refractivity contribution in [2.45, 2.75) is 6.54 Å². The highest BCUT2D eigenvalue weighted by Crippen LogP contribution is 2.36. The van der Waals surface area contributed by atoms with Gasteiger partial charge in [0.2, 0.25) is 5.75 Å². The van der Waals surface area contributed by atoms with E-state index in [-0.39, 0.29) is 29.7 Å². The number of hydrogen-bond acceptors (Lipinski definition) is 7. The van der Waals surface area contributed by atoms with Gasteiger partial charge in [0.1, 0.15) is 0 Å². The van der Waals surface area contributed by atoms with E-state index in [2.05, 4.69) is 20.3 Å². The molecule has 1 amide bonds. The summed E-state index contributed by atoms with van der Waals surface area (Å²) in [5.41, 5.74) is 4.28. The number of nitrogens with zero attached hydrogens (tertiary/aromatic N) is 3. The molecule has 1 fully saturated rings. The van der Waals surface area contributed by atoms with Gasteiger partial charge in [-0.2, -0.15) is 5.10 Å². The minimum Gasteiger partial charge on any atom is -0.502 e. The van der Waals surface area contributed by atoms with Gasteiger partial charge in [-0.3, -0.25) is 14.6 Å². The van der Waals surface area contributed by atoms with Crippen molar-refractivity contribution < 1.29 is 19.4 Å². The highest BCUT2D eigenvalue weighted by Gasteiger charge is 2.19. The van der Waals surface area contributed by atoms with Crippen LogP contribution >= 0.6 is 11.6 Å². The number of ether oxygens (including phenoxy) is 2. The molecule has 9 heteroatoms. The molecule has 0 bridgehead atoms. The lowest BCUT2D eigenvalue weighted by molar-refractivity contribution is -0.122. The molecule has 3 rings (SSSR count). The van der Waals surface area contributed by atoms with Crippen molar-refractivity contribution >= 4 is 23.7 Å². The third-order valence-corrected chi connectivity index (χ3v) is 5.46. The van der Waals surface area contributed by atoms with E-state index >= 15 is 0 Å². The van der Waals surface area contributed by atoms with E-state index in [1.165, 1.54) is 20.4 Å². The largest absolute Gasteiger partial charge is 0.502 e. The average molecular weight is 447 g/mol. The highest BCUT2D eigenvalue weighted by atomic mass is 35.5. The van der Waals surface area contributed by atoms with Crippen LogP contribution in [0.15, 0.2) is 41.5 Å². The van der Waals surface area contributed by atoms with Crippen molar-refractivity contribution in [2.75, 3.05) is 46.9 Å². The molecule has 0 saturated carbocycles. The number of piperazine rings is 1. The fourth-order valence-corrected chi connectivity index (χ4v) is 3.57. The number of amides is 1. The van der Waals surface area contributed by atoms with Gasteiger partial charge >= 0.3 is 0 Å². The van der Waals surface area contributed by atoms with E-state index in [9.17, 15) is 9.90 Å². The van der Waals surface area contributed by atoms with Crippen LogP contribution in [0.4, 0.5) is 0 Å². The zero-order valence-electron chi connectivity index (χ0n) is 17.7. The number of rotatable bonds is 8. The van der Waals surface area contributed by atoms with Crippen LogP contribution in [0.5, 0.6) is 17.2 Å². The second kappa shape index (κ2) is 11.0. The number of hydrazone groups is 1. The number of halogens is 1. The number of hydrogen-bond donors (Lipinski definition) is 2. The Bertz CT molecular complexity index is 904. The summed E-state index contributed by atoms with van der Waals surface area (Å²) in [6, 6.07) is 11.1. The number of aromatic hydroxyl groups is 1. The molecule has 2 aromatic rings. The van der Waals surface area contributed by atoms with E-state index in [4.69, 9.17) is 21.1 Å². The van der Waals surface area contributed by atoms with Crippen molar-refractivity contribution in [2.24, 2.45) is 5.10 Å². The minimum absolute atomic E-state index is 0.0835. The Labute approximate surface area is 187 Å². The number of carbonyl (C=O) groups is 1. The molecule has 31 heavy (non-hydrogen) atoms. The third kappa shape index (κ3) is 6.33. The van der Waals surface area contributed by atoms with Crippen LogP contribution in [-0.4, -0.2) is 74.0 Å². The van der Waals surface area contributed by atoms with Crippen molar-refractivity contribution in [3.8, 4) is 17.2 Å². The Morgan fingerprint density at radius 2 is 1.74 bits per heavy atom. The predicted molar refractivity (Wildman–Crippen MR) is 120 cm³/mol. The summed E-state index contributed by atoms with van der Waals surface area (Å²) in [6.07, 6.45) is 1.48. The van der Waals surface area contributed by atoms with Crippen LogP contribution < -0.4 is 14.9 Å². The monoisotopic (exact) mass is 446 g/mol. The van der Waals surface area contributed by atoms with E-state index in [0.29, 0.717) is 5.56 Å². The summed E-state index contributed by atoms with van der Waals surface area (Å²) in [5, 5.41) is 14.7. The van der Waals surface area contributed by atoms with Crippen LogP contribution in [0.3, 0.4) is 0 Å². The number of nitrogens with one attached hydrogen (secondary N) is 1. The molecular weight excluding hydrogens is 420 g/mol. The molecule has 1 heterocycles. The summed E-state index contributed by atoms with van der Waals surface area (Å²) in [4.78, 5) is 16.7. The smallest absolute Gasteiger partial charge is 0.254 e. The highest BCUT2D eigenvalue weighted by molar-refractivity contribution is 6.31. The molecule has 166 valence electrons. The number of phenols is 1. The van der Waals surface area contributed by atoms with E-state index in [1.807, 2.05) is 24.3 Å². The molecule has 0 spiro atoms. The topological polar surface area (TPSA) is 86.6 Å². The maximum absolute atomic E-state index is 12.2. The summed E-state index contributed by atoms with van der Waals surface area (Å²) in [7, 11) is 2.90. The third-order valence-electron chi connectivity index (χ3n) is 5.09. The molecule has 2 N–H and O–H groups in total. The number of phenolic OH excluding ortho intramolecular Hbond substituents is 1.